The van der Waals surface area contributed by atoms with Gasteiger partial charge in [-0.3, -0.25) is 14.7 Å². The van der Waals surface area contributed by atoms with E-state index < -0.39 is 17.6 Å². The van der Waals surface area contributed by atoms with Crippen molar-refractivity contribution in [1.82, 2.24) is 20.3 Å². The van der Waals surface area contributed by atoms with Crippen LogP contribution in [0.3, 0.4) is 0 Å². The number of halogens is 4. The molecule has 2 aliphatic rings. The number of allylic oxidation sites excluding steroid dienone is 1. The molecule has 1 saturated heterocycles. The highest BCUT2D eigenvalue weighted by Gasteiger charge is 2.44. The minimum Gasteiger partial charge on any atom is -0.338 e. The van der Waals surface area contributed by atoms with Gasteiger partial charge in [0.05, 0.1) is 11.1 Å². The number of H-pyrrole nitrogens is 1. The lowest BCUT2D eigenvalue weighted by Gasteiger charge is -2.18. The van der Waals surface area contributed by atoms with Gasteiger partial charge in [-0.15, -0.1) is 5.10 Å². The molecule has 2 fully saturated rings. The average molecular weight is 472 g/mol. The third-order valence-electron chi connectivity index (χ3n) is 6.70. The number of carbonyl (C=O) groups is 2. The van der Waals surface area contributed by atoms with Gasteiger partial charge in [0.25, 0.3) is 5.91 Å². The molecular formula is C24H20F4N4O2. The van der Waals surface area contributed by atoms with E-state index in [1.807, 2.05) is 0 Å². The van der Waals surface area contributed by atoms with Crippen LogP contribution in [0.25, 0.3) is 17.1 Å². The van der Waals surface area contributed by atoms with E-state index in [1.54, 1.807) is 23.1 Å². The Hall–Kier alpha value is -3.56. The number of nitrogens with one attached hydrogen (secondary N) is 1. The van der Waals surface area contributed by atoms with Crippen LogP contribution in [-0.2, 0) is 11.0 Å². The van der Waals surface area contributed by atoms with Gasteiger partial charge < -0.3 is 4.90 Å². The maximum atomic E-state index is 13.6. The fraction of sp³-hybridized carbons (Fsp3) is 0.333. The number of benzene rings is 2. The van der Waals surface area contributed by atoms with Crippen LogP contribution in [0.15, 0.2) is 42.5 Å². The SMILES string of the molecule is O=C(/C=C/c1cc(F)cc(C(F)(F)F)c1)C1C[C@@H]2CN(C(=O)c3ccc4[nH]nnc4c3)C[C@@H]2C1. The Morgan fingerprint density at radius 2 is 1.79 bits per heavy atom. The first-order valence-corrected chi connectivity index (χ1v) is 10.9. The van der Waals surface area contributed by atoms with Gasteiger partial charge in [-0.05, 0) is 72.7 Å². The van der Waals surface area contributed by atoms with Gasteiger partial charge in [-0.25, -0.2) is 4.39 Å². The van der Waals surface area contributed by atoms with Gasteiger partial charge in [-0.2, -0.15) is 13.2 Å². The second kappa shape index (κ2) is 8.34. The van der Waals surface area contributed by atoms with Crippen LogP contribution in [0.5, 0.6) is 0 Å². The highest BCUT2D eigenvalue weighted by Crippen LogP contribution is 2.42. The van der Waals surface area contributed by atoms with Crippen LogP contribution in [-0.4, -0.2) is 45.1 Å². The van der Waals surface area contributed by atoms with Gasteiger partial charge >= 0.3 is 6.18 Å². The minimum atomic E-state index is -4.66. The summed E-state index contributed by atoms with van der Waals surface area (Å²) in [5, 5.41) is 10.4. The number of amides is 1. The van der Waals surface area contributed by atoms with Crippen LogP contribution >= 0.6 is 0 Å². The number of carbonyl (C=O) groups excluding carboxylic acids is 2. The Bertz CT molecular complexity index is 1290. The van der Waals surface area contributed by atoms with Crippen LogP contribution < -0.4 is 0 Å². The molecule has 0 spiro atoms. The lowest BCUT2D eigenvalue weighted by molar-refractivity contribution is -0.137. The van der Waals surface area contributed by atoms with Gasteiger partial charge in [0.2, 0.25) is 0 Å². The molecule has 1 aromatic heterocycles. The Kier molecular flexibility index (Phi) is 5.45. The topological polar surface area (TPSA) is 79.0 Å². The van der Waals surface area contributed by atoms with E-state index in [9.17, 15) is 27.2 Å². The summed E-state index contributed by atoms with van der Waals surface area (Å²) in [5.41, 5.74) is 0.785. The predicted molar refractivity (Wildman–Crippen MR) is 115 cm³/mol. The number of alkyl halides is 3. The van der Waals surface area contributed by atoms with Gasteiger partial charge in [0, 0.05) is 24.6 Å². The van der Waals surface area contributed by atoms with E-state index >= 15 is 0 Å². The fourth-order valence-corrected chi connectivity index (χ4v) is 5.04. The summed E-state index contributed by atoms with van der Waals surface area (Å²) in [7, 11) is 0. The summed E-state index contributed by atoms with van der Waals surface area (Å²) >= 11 is 0. The Morgan fingerprint density at radius 1 is 1.06 bits per heavy atom. The van der Waals surface area contributed by atoms with Crippen LogP contribution in [0.2, 0.25) is 0 Å². The van der Waals surface area contributed by atoms with E-state index in [1.165, 1.54) is 12.2 Å². The summed E-state index contributed by atoms with van der Waals surface area (Å²) in [6.45, 7) is 1.10. The van der Waals surface area contributed by atoms with Crippen LogP contribution in [0.1, 0.15) is 34.3 Å². The number of likely N-dealkylation sites (tertiary alicyclic amines) is 1. The molecule has 1 amide bonds. The minimum absolute atomic E-state index is 0.0141. The van der Waals surface area contributed by atoms with Gasteiger partial charge in [0.1, 0.15) is 11.3 Å². The number of nitrogens with zero attached hydrogens (tertiary/aromatic N) is 3. The molecule has 6 nitrogen and oxygen atoms in total. The first-order valence-electron chi connectivity index (χ1n) is 10.9. The van der Waals surface area contributed by atoms with Gasteiger partial charge in [0.15, 0.2) is 5.78 Å². The zero-order chi connectivity index (χ0) is 24.0. The number of aromatic nitrogens is 3. The Labute approximate surface area is 191 Å². The molecule has 1 unspecified atom stereocenters. The van der Waals surface area contributed by atoms with E-state index in [2.05, 4.69) is 15.4 Å². The molecule has 0 radical (unpaired) electrons. The largest absolute Gasteiger partial charge is 0.416 e. The smallest absolute Gasteiger partial charge is 0.338 e. The molecule has 10 heteroatoms. The third kappa shape index (κ3) is 4.32. The van der Waals surface area contributed by atoms with E-state index in [0.717, 1.165) is 17.6 Å². The molecule has 176 valence electrons. The number of aromatic amines is 1. The molecule has 3 aromatic rings. The molecule has 1 aliphatic carbocycles. The lowest BCUT2D eigenvalue weighted by atomic mass is 9.99. The molecule has 1 N–H and O–H groups in total. The molecule has 1 aliphatic heterocycles. The first kappa shape index (κ1) is 22.2. The van der Waals surface area contributed by atoms with Crippen LogP contribution in [0.4, 0.5) is 17.6 Å². The molecule has 3 atom stereocenters. The van der Waals surface area contributed by atoms with Crippen molar-refractivity contribution in [1.29, 1.82) is 0 Å². The van der Waals surface area contributed by atoms with E-state index in [-0.39, 0.29) is 35.0 Å². The molecule has 2 aromatic carbocycles. The van der Waals surface area contributed by atoms with Gasteiger partial charge in [-0.1, -0.05) is 11.3 Å². The molecule has 34 heavy (non-hydrogen) atoms. The summed E-state index contributed by atoms with van der Waals surface area (Å²) in [6, 6.07) is 7.39. The maximum absolute atomic E-state index is 13.6. The lowest BCUT2D eigenvalue weighted by Crippen LogP contribution is -2.30. The molecule has 2 heterocycles. The fourth-order valence-electron chi connectivity index (χ4n) is 5.04. The van der Waals surface area contributed by atoms with Crippen molar-refractivity contribution in [3.63, 3.8) is 0 Å². The van der Waals surface area contributed by atoms with Crippen molar-refractivity contribution in [2.24, 2.45) is 17.8 Å². The van der Waals surface area contributed by atoms with Crippen molar-refractivity contribution in [3.05, 3.63) is 65.0 Å². The number of fused-ring (bicyclic) bond motifs is 2. The summed E-state index contributed by atoms with van der Waals surface area (Å²) in [5.74, 6) is -1.17. The quantitative estimate of drug-likeness (QED) is 0.448. The zero-order valence-electron chi connectivity index (χ0n) is 17.8. The highest BCUT2D eigenvalue weighted by molar-refractivity contribution is 5.98. The molecule has 1 saturated carbocycles. The summed E-state index contributed by atoms with van der Waals surface area (Å²) < 4.78 is 52.2. The van der Waals surface area contributed by atoms with Crippen molar-refractivity contribution >= 4 is 28.8 Å². The first-order chi connectivity index (χ1) is 16.2. The highest BCUT2D eigenvalue weighted by atomic mass is 19.4. The molecule has 5 rings (SSSR count). The second-order valence-electron chi connectivity index (χ2n) is 8.95. The van der Waals surface area contributed by atoms with Crippen molar-refractivity contribution in [2.45, 2.75) is 19.0 Å². The van der Waals surface area contributed by atoms with Crippen molar-refractivity contribution < 1.29 is 27.2 Å². The number of hydrogen-bond donors (Lipinski definition) is 1. The summed E-state index contributed by atoms with van der Waals surface area (Å²) in [4.78, 5) is 27.4. The Balaban J connectivity index is 1.21. The van der Waals surface area contributed by atoms with Crippen molar-refractivity contribution in [3.8, 4) is 0 Å². The predicted octanol–water partition coefficient (Wildman–Crippen LogP) is 4.50. The summed E-state index contributed by atoms with van der Waals surface area (Å²) in [6.07, 6.45) is -0.989. The molecular weight excluding hydrogens is 452 g/mol. The van der Waals surface area contributed by atoms with E-state index in [4.69, 9.17) is 0 Å². The monoisotopic (exact) mass is 472 g/mol. The second-order valence-corrected chi connectivity index (χ2v) is 8.95. The molecule has 0 bridgehead atoms. The van der Waals surface area contributed by atoms with Crippen molar-refractivity contribution in [2.75, 3.05) is 13.1 Å². The van der Waals surface area contributed by atoms with Crippen LogP contribution in [0, 0.1) is 23.6 Å². The average Bonchev–Trinajstić information content (AvgIpc) is 3.50. The normalized spacial score (nSPS) is 22.6. The Morgan fingerprint density at radius 3 is 2.50 bits per heavy atom. The van der Waals surface area contributed by atoms with E-state index in [0.29, 0.717) is 43.1 Å². The number of rotatable bonds is 4. The number of hydrogen-bond acceptors (Lipinski definition) is 4. The zero-order valence-corrected chi connectivity index (χ0v) is 17.8. The standard InChI is InChI=1S/C24H20F4N4O2/c25-19-6-13(5-18(10-19)24(26,27)28)1-4-22(33)15-7-16-11-32(12-17(16)8-15)23(34)14-2-3-20-21(9-14)30-31-29-20/h1-6,9-10,15-17H,7-8,11-12H2,(H,29,30,31)/b4-1+/t15?,16-,17+. The third-order valence-corrected chi connectivity index (χ3v) is 6.70. The number of ketones is 1. The maximum Gasteiger partial charge on any atom is 0.416 e.